The van der Waals surface area contributed by atoms with Gasteiger partial charge >= 0.3 is 5.97 Å². The highest BCUT2D eigenvalue weighted by molar-refractivity contribution is 7.16. The second-order valence-electron chi connectivity index (χ2n) is 5.86. The molecular formula is C14H19NO3S. The molecular weight excluding hydrogens is 262 g/mol. The number of thiophene rings is 1. The number of hydrogen-bond acceptors (Lipinski definition) is 4. The average Bonchev–Trinajstić information content (AvgIpc) is 3.09. The number of esters is 1. The SMILES string of the molecule is COC(=O)c1cc(C(C)(C)C)sc1NC(=O)C1CC1. The number of ether oxygens (including phenoxy) is 1. The molecule has 1 heterocycles. The van der Waals surface area contributed by atoms with Crippen molar-refractivity contribution < 1.29 is 14.3 Å². The van der Waals surface area contributed by atoms with E-state index in [9.17, 15) is 9.59 Å². The van der Waals surface area contributed by atoms with Crippen LogP contribution in [-0.4, -0.2) is 19.0 Å². The van der Waals surface area contributed by atoms with Gasteiger partial charge in [0.25, 0.3) is 0 Å². The quantitative estimate of drug-likeness (QED) is 0.866. The zero-order chi connectivity index (χ0) is 14.2. The van der Waals surface area contributed by atoms with E-state index in [-0.39, 0.29) is 17.2 Å². The van der Waals surface area contributed by atoms with Gasteiger partial charge in [0.1, 0.15) is 5.00 Å². The standard InChI is InChI=1S/C14H19NO3S/c1-14(2,3)10-7-9(13(17)18-4)12(19-10)15-11(16)8-5-6-8/h7-8H,5-6H2,1-4H3,(H,15,16). The lowest BCUT2D eigenvalue weighted by Crippen LogP contribution is -2.14. The van der Waals surface area contributed by atoms with Gasteiger partial charge in [-0.1, -0.05) is 20.8 Å². The topological polar surface area (TPSA) is 55.4 Å². The Hall–Kier alpha value is -1.36. The van der Waals surface area contributed by atoms with Crippen LogP contribution < -0.4 is 5.32 Å². The first-order valence-corrected chi connectivity index (χ1v) is 7.18. The molecule has 0 unspecified atom stereocenters. The molecule has 1 aliphatic carbocycles. The van der Waals surface area contributed by atoms with Gasteiger partial charge in [-0.05, 0) is 24.3 Å². The van der Waals surface area contributed by atoms with Gasteiger partial charge in [0.2, 0.25) is 5.91 Å². The van der Waals surface area contributed by atoms with Crippen LogP contribution in [0.2, 0.25) is 0 Å². The summed E-state index contributed by atoms with van der Waals surface area (Å²) in [6, 6.07) is 1.82. The van der Waals surface area contributed by atoms with Gasteiger partial charge in [-0.25, -0.2) is 4.79 Å². The number of methoxy groups -OCH3 is 1. The monoisotopic (exact) mass is 281 g/mol. The molecule has 0 aliphatic heterocycles. The molecule has 0 spiro atoms. The van der Waals surface area contributed by atoms with Crippen LogP contribution in [0.1, 0.15) is 48.8 Å². The Bertz CT molecular complexity index is 509. The van der Waals surface area contributed by atoms with Crippen molar-refractivity contribution in [1.82, 2.24) is 0 Å². The van der Waals surface area contributed by atoms with Gasteiger partial charge in [0.05, 0.1) is 12.7 Å². The lowest BCUT2D eigenvalue weighted by Gasteiger charge is -2.15. The summed E-state index contributed by atoms with van der Waals surface area (Å²) >= 11 is 1.45. The number of amides is 1. The Morgan fingerprint density at radius 3 is 2.47 bits per heavy atom. The van der Waals surface area contributed by atoms with Crippen LogP contribution in [0.3, 0.4) is 0 Å². The van der Waals surface area contributed by atoms with Crippen molar-refractivity contribution in [2.75, 3.05) is 12.4 Å². The Balaban J connectivity index is 2.30. The minimum Gasteiger partial charge on any atom is -0.465 e. The number of hydrogen-bond donors (Lipinski definition) is 1. The molecule has 0 saturated heterocycles. The second-order valence-corrected chi connectivity index (χ2v) is 6.91. The van der Waals surface area contributed by atoms with Crippen molar-refractivity contribution in [1.29, 1.82) is 0 Å². The number of nitrogens with one attached hydrogen (secondary N) is 1. The fourth-order valence-corrected chi connectivity index (χ4v) is 2.78. The second kappa shape index (κ2) is 4.96. The first-order valence-electron chi connectivity index (χ1n) is 6.36. The maximum Gasteiger partial charge on any atom is 0.340 e. The molecule has 0 radical (unpaired) electrons. The van der Waals surface area contributed by atoms with Crippen LogP contribution in [0, 0.1) is 5.92 Å². The number of rotatable bonds is 3. The van der Waals surface area contributed by atoms with Crippen molar-refractivity contribution >= 4 is 28.2 Å². The predicted octanol–water partition coefficient (Wildman–Crippen LogP) is 3.18. The molecule has 19 heavy (non-hydrogen) atoms. The zero-order valence-electron chi connectivity index (χ0n) is 11.7. The molecule has 4 nitrogen and oxygen atoms in total. The Morgan fingerprint density at radius 2 is 2.00 bits per heavy atom. The van der Waals surface area contributed by atoms with Crippen molar-refractivity contribution in [2.24, 2.45) is 5.92 Å². The predicted molar refractivity (Wildman–Crippen MR) is 75.7 cm³/mol. The van der Waals surface area contributed by atoms with E-state index in [0.717, 1.165) is 17.7 Å². The largest absolute Gasteiger partial charge is 0.465 e. The van der Waals surface area contributed by atoms with E-state index in [1.807, 2.05) is 6.07 Å². The zero-order valence-corrected chi connectivity index (χ0v) is 12.5. The van der Waals surface area contributed by atoms with Crippen molar-refractivity contribution in [2.45, 2.75) is 39.0 Å². The highest BCUT2D eigenvalue weighted by Gasteiger charge is 2.31. The van der Waals surface area contributed by atoms with Gasteiger partial charge in [-0.2, -0.15) is 0 Å². The fraction of sp³-hybridized carbons (Fsp3) is 0.571. The summed E-state index contributed by atoms with van der Waals surface area (Å²) in [5.74, 6) is -0.281. The first-order chi connectivity index (χ1) is 8.82. The lowest BCUT2D eigenvalue weighted by molar-refractivity contribution is -0.117. The molecule has 1 aromatic heterocycles. The van der Waals surface area contributed by atoms with Gasteiger partial charge in [-0.3, -0.25) is 4.79 Å². The summed E-state index contributed by atoms with van der Waals surface area (Å²) in [4.78, 5) is 24.7. The maximum absolute atomic E-state index is 11.8. The molecule has 2 rings (SSSR count). The van der Waals surface area contributed by atoms with Gasteiger partial charge < -0.3 is 10.1 Å². The van der Waals surface area contributed by atoms with Crippen LogP contribution in [0.15, 0.2) is 6.07 Å². The molecule has 1 saturated carbocycles. The highest BCUT2D eigenvalue weighted by atomic mass is 32.1. The summed E-state index contributed by atoms with van der Waals surface area (Å²) in [5.41, 5.74) is 0.391. The minimum absolute atomic E-state index is 0.00691. The summed E-state index contributed by atoms with van der Waals surface area (Å²) in [7, 11) is 1.35. The third-order valence-corrected chi connectivity index (χ3v) is 4.54. The number of carbonyl (C=O) groups excluding carboxylic acids is 2. The van der Waals surface area contributed by atoms with Crippen LogP contribution in [0.25, 0.3) is 0 Å². The third-order valence-electron chi connectivity index (χ3n) is 3.06. The highest BCUT2D eigenvalue weighted by Crippen LogP contribution is 2.38. The molecule has 104 valence electrons. The summed E-state index contributed by atoms with van der Waals surface area (Å²) < 4.78 is 4.78. The van der Waals surface area contributed by atoms with Crippen LogP contribution in [0.4, 0.5) is 5.00 Å². The van der Waals surface area contributed by atoms with E-state index in [0.29, 0.717) is 10.6 Å². The molecule has 1 aliphatic rings. The molecule has 1 amide bonds. The first kappa shape index (κ1) is 14.1. The molecule has 0 bridgehead atoms. The summed E-state index contributed by atoms with van der Waals surface area (Å²) in [6.07, 6.45) is 1.88. The molecule has 1 aromatic rings. The van der Waals surface area contributed by atoms with E-state index >= 15 is 0 Å². The Morgan fingerprint density at radius 1 is 1.37 bits per heavy atom. The molecule has 1 N–H and O–H groups in total. The van der Waals surface area contributed by atoms with Crippen LogP contribution in [0.5, 0.6) is 0 Å². The Labute approximate surface area is 117 Å². The van der Waals surface area contributed by atoms with Crippen molar-refractivity contribution in [3.63, 3.8) is 0 Å². The fourth-order valence-electron chi connectivity index (χ4n) is 1.67. The molecule has 0 aromatic carbocycles. The van der Waals surface area contributed by atoms with Crippen molar-refractivity contribution in [3.05, 3.63) is 16.5 Å². The average molecular weight is 281 g/mol. The van der Waals surface area contributed by atoms with Gasteiger partial charge in [-0.15, -0.1) is 11.3 Å². The summed E-state index contributed by atoms with van der Waals surface area (Å²) in [5, 5.41) is 3.46. The van der Waals surface area contributed by atoms with E-state index in [1.54, 1.807) is 0 Å². The van der Waals surface area contributed by atoms with E-state index < -0.39 is 5.97 Å². The van der Waals surface area contributed by atoms with Crippen LogP contribution >= 0.6 is 11.3 Å². The summed E-state index contributed by atoms with van der Waals surface area (Å²) in [6.45, 7) is 6.23. The van der Waals surface area contributed by atoms with E-state index in [4.69, 9.17) is 4.74 Å². The molecule has 0 atom stereocenters. The maximum atomic E-state index is 11.8. The van der Waals surface area contributed by atoms with Crippen molar-refractivity contribution in [3.8, 4) is 0 Å². The normalized spacial score (nSPS) is 15.2. The molecule has 5 heteroatoms. The van der Waals surface area contributed by atoms with E-state index in [1.165, 1.54) is 18.4 Å². The number of carbonyl (C=O) groups is 2. The van der Waals surface area contributed by atoms with Gasteiger partial charge in [0, 0.05) is 10.8 Å². The van der Waals surface area contributed by atoms with Gasteiger partial charge in [0.15, 0.2) is 0 Å². The Kier molecular flexibility index (Phi) is 3.67. The smallest absolute Gasteiger partial charge is 0.340 e. The lowest BCUT2D eigenvalue weighted by atomic mass is 9.94. The minimum atomic E-state index is -0.405. The molecule has 1 fully saturated rings. The van der Waals surface area contributed by atoms with Crippen LogP contribution in [-0.2, 0) is 14.9 Å². The number of anilines is 1. The third kappa shape index (κ3) is 3.15. The van der Waals surface area contributed by atoms with E-state index in [2.05, 4.69) is 26.1 Å².